The van der Waals surface area contributed by atoms with Gasteiger partial charge in [0.2, 0.25) is 17.8 Å². The zero-order chi connectivity index (χ0) is 44.3. The summed E-state index contributed by atoms with van der Waals surface area (Å²) < 4.78 is 49.6. The molecule has 0 spiro atoms. The van der Waals surface area contributed by atoms with Crippen molar-refractivity contribution in [1.29, 1.82) is 0 Å². The maximum Gasteiger partial charge on any atom is 0.390 e. The van der Waals surface area contributed by atoms with Gasteiger partial charge in [-0.1, -0.05) is 30.3 Å². The minimum absolute atomic E-state index is 0.111. The Kier molecular flexibility index (Phi) is 13.4. The third kappa shape index (κ3) is 10.6. The number of amides is 2. The molecule has 1 atom stereocenters. The van der Waals surface area contributed by atoms with E-state index in [0.717, 1.165) is 99.0 Å². The normalized spacial score (nSPS) is 21.7. The maximum atomic E-state index is 13.1. The third-order valence-corrected chi connectivity index (χ3v) is 13.0. The zero-order valence-electron chi connectivity index (χ0n) is 36.1. The first-order valence-electron chi connectivity index (χ1n) is 22.3. The van der Waals surface area contributed by atoms with Crippen LogP contribution in [0.2, 0.25) is 0 Å². The standard InChI is InChI=1S/C46H58F3N9O5/c1-45(62)16-14-34(15-17-45)57-30-36(35-28-51-43(53-41(35)57)50-19-18-46(47,48)49)33-9-6-32(7-10-33)29-56-23-21-55(22-24-56)20-4-26-63-25-3-5-31-8-11-37-39(27-31)54(2)44(61)58(37)38-12-13-40(59)52-42(38)60/h6-11,27-28,30,34,38,62H,3-5,12-26,29H2,1-2H3,(H,50,51,53)(H,52,59,60)/t34?,38-,45?/m0/s1. The lowest BCUT2D eigenvalue weighted by molar-refractivity contribution is -0.136. The highest BCUT2D eigenvalue weighted by Gasteiger charge is 2.33. The molecule has 2 saturated heterocycles. The minimum Gasteiger partial charge on any atom is -0.390 e. The van der Waals surface area contributed by atoms with Crippen molar-refractivity contribution < 1.29 is 32.6 Å². The van der Waals surface area contributed by atoms with E-state index in [0.29, 0.717) is 43.6 Å². The van der Waals surface area contributed by atoms with Gasteiger partial charge in [0.05, 0.1) is 23.1 Å². The van der Waals surface area contributed by atoms with Gasteiger partial charge in [-0.25, -0.2) is 9.78 Å². The Bertz CT molecular complexity index is 2460. The third-order valence-electron chi connectivity index (χ3n) is 13.0. The number of piperazine rings is 1. The summed E-state index contributed by atoms with van der Waals surface area (Å²) in [6.45, 7) is 8.70. The summed E-state index contributed by atoms with van der Waals surface area (Å²) in [5.74, 6) is -0.574. The number of alkyl halides is 3. The van der Waals surface area contributed by atoms with Crippen LogP contribution in [0.25, 0.3) is 33.2 Å². The molecular formula is C46H58F3N9O5. The molecule has 1 aliphatic carbocycles. The second-order valence-electron chi connectivity index (χ2n) is 17.8. The van der Waals surface area contributed by atoms with Gasteiger partial charge in [-0.05, 0) is 87.1 Å². The molecule has 17 heteroatoms. The minimum atomic E-state index is -4.27. The predicted molar refractivity (Wildman–Crippen MR) is 234 cm³/mol. The van der Waals surface area contributed by atoms with Gasteiger partial charge in [-0.15, -0.1) is 0 Å². The van der Waals surface area contributed by atoms with E-state index in [-0.39, 0.29) is 36.6 Å². The Morgan fingerprint density at radius 1 is 0.937 bits per heavy atom. The number of imidazole rings is 1. The van der Waals surface area contributed by atoms with Crippen molar-refractivity contribution in [2.75, 3.05) is 57.8 Å². The Balaban J connectivity index is 0.776. The van der Waals surface area contributed by atoms with Gasteiger partial charge in [0.1, 0.15) is 11.7 Å². The van der Waals surface area contributed by atoms with Gasteiger partial charge in [0.15, 0.2) is 0 Å². The molecule has 14 nitrogen and oxygen atoms in total. The number of ether oxygens (including phenoxy) is 1. The molecule has 5 heterocycles. The van der Waals surface area contributed by atoms with E-state index >= 15 is 0 Å². The Hall–Kier alpha value is -5.10. The monoisotopic (exact) mass is 873 g/mol. The summed E-state index contributed by atoms with van der Waals surface area (Å²) in [5.41, 5.74) is 5.48. The molecule has 2 aromatic carbocycles. The van der Waals surface area contributed by atoms with Crippen LogP contribution in [-0.2, 0) is 34.3 Å². The number of aryl methyl sites for hydroxylation is 2. The molecule has 0 radical (unpaired) electrons. The Labute approximate surface area is 364 Å². The first-order chi connectivity index (χ1) is 30.2. The summed E-state index contributed by atoms with van der Waals surface area (Å²) in [4.78, 5) is 51.3. The molecule has 8 rings (SSSR count). The fourth-order valence-corrected chi connectivity index (χ4v) is 9.33. The van der Waals surface area contributed by atoms with Crippen LogP contribution in [0.1, 0.15) is 87.9 Å². The smallest absolute Gasteiger partial charge is 0.390 e. The van der Waals surface area contributed by atoms with Crippen LogP contribution in [0.15, 0.2) is 59.7 Å². The largest absolute Gasteiger partial charge is 0.390 e. The van der Waals surface area contributed by atoms with Crippen molar-refractivity contribution >= 4 is 39.8 Å². The number of rotatable bonds is 16. The number of nitrogens with one attached hydrogen (secondary N) is 2. The lowest BCUT2D eigenvalue weighted by atomic mass is 9.83. The van der Waals surface area contributed by atoms with Crippen LogP contribution >= 0.6 is 0 Å². The number of hydrogen-bond acceptors (Lipinski definition) is 10. The lowest BCUT2D eigenvalue weighted by Gasteiger charge is -2.34. The summed E-state index contributed by atoms with van der Waals surface area (Å²) in [7, 11) is 1.71. The van der Waals surface area contributed by atoms with Crippen molar-refractivity contribution in [2.24, 2.45) is 7.05 Å². The van der Waals surface area contributed by atoms with Crippen LogP contribution in [-0.4, -0.2) is 115 Å². The maximum absolute atomic E-state index is 13.1. The summed E-state index contributed by atoms with van der Waals surface area (Å²) in [6, 6.07) is 13.9. The molecule has 3 N–H and O–H groups in total. The van der Waals surface area contributed by atoms with Crippen LogP contribution in [0.4, 0.5) is 19.1 Å². The second kappa shape index (κ2) is 18.9. The van der Waals surface area contributed by atoms with E-state index in [1.54, 1.807) is 17.8 Å². The van der Waals surface area contributed by atoms with Crippen molar-refractivity contribution in [1.82, 2.24) is 38.8 Å². The quantitative estimate of drug-likeness (QED) is 0.0782. The van der Waals surface area contributed by atoms with Crippen molar-refractivity contribution in [2.45, 2.75) is 102 Å². The van der Waals surface area contributed by atoms with Crippen molar-refractivity contribution in [3.63, 3.8) is 0 Å². The van der Waals surface area contributed by atoms with E-state index in [1.807, 2.05) is 25.1 Å². The molecule has 3 fully saturated rings. The van der Waals surface area contributed by atoms with Gasteiger partial charge < -0.3 is 24.6 Å². The van der Waals surface area contributed by atoms with Gasteiger partial charge >= 0.3 is 11.9 Å². The molecule has 0 bridgehead atoms. The predicted octanol–water partition coefficient (Wildman–Crippen LogP) is 6.12. The van der Waals surface area contributed by atoms with Crippen molar-refractivity contribution in [3.05, 3.63) is 76.5 Å². The molecule has 5 aromatic rings. The molecule has 1 saturated carbocycles. The first kappa shape index (κ1) is 44.5. The lowest BCUT2D eigenvalue weighted by Crippen LogP contribution is -2.46. The number of benzene rings is 2. The van der Waals surface area contributed by atoms with Gasteiger partial charge in [-0.3, -0.25) is 28.9 Å². The fraction of sp³-hybridized carbons (Fsp3) is 0.543. The molecule has 63 heavy (non-hydrogen) atoms. The van der Waals surface area contributed by atoms with Gasteiger partial charge in [0, 0.05) is 102 Å². The summed E-state index contributed by atoms with van der Waals surface area (Å²) in [5, 5.41) is 16.5. The summed E-state index contributed by atoms with van der Waals surface area (Å²) >= 11 is 0. The van der Waals surface area contributed by atoms with E-state index < -0.39 is 30.1 Å². The van der Waals surface area contributed by atoms with Crippen molar-refractivity contribution in [3.8, 4) is 11.1 Å². The number of nitrogens with zero attached hydrogens (tertiary/aromatic N) is 7. The second-order valence-corrected chi connectivity index (χ2v) is 17.8. The van der Waals surface area contributed by atoms with Crippen LogP contribution < -0.4 is 16.3 Å². The SMILES string of the molecule is Cn1c(=O)n([C@H]2CCC(=O)NC2=O)c2ccc(CCCOCCCN3CCN(Cc4ccc(-c5cn(C6CCC(C)(O)CC6)c6nc(NCCC(F)(F)F)ncc56)cc4)CC3)cc21. The number of hydrogen-bond donors (Lipinski definition) is 3. The number of fused-ring (bicyclic) bond motifs is 2. The number of halogens is 3. The number of anilines is 1. The summed E-state index contributed by atoms with van der Waals surface area (Å²) in [6.07, 6.45) is 4.56. The van der Waals surface area contributed by atoms with E-state index in [1.165, 1.54) is 10.1 Å². The highest BCUT2D eigenvalue weighted by atomic mass is 19.4. The molecule has 3 aliphatic rings. The number of carbonyl (C=O) groups is 2. The molecule has 2 amide bonds. The molecular weight excluding hydrogens is 816 g/mol. The Morgan fingerprint density at radius 2 is 1.65 bits per heavy atom. The number of imide groups is 1. The molecule has 338 valence electrons. The number of aliphatic hydroxyl groups is 1. The van der Waals surface area contributed by atoms with Gasteiger partial charge in [-0.2, -0.15) is 18.2 Å². The number of carbonyl (C=O) groups excluding carboxylic acids is 2. The van der Waals surface area contributed by atoms with E-state index in [2.05, 4.69) is 60.4 Å². The average Bonchev–Trinajstić information content (AvgIpc) is 3.74. The first-order valence-corrected chi connectivity index (χ1v) is 22.3. The Morgan fingerprint density at radius 3 is 2.38 bits per heavy atom. The fourth-order valence-electron chi connectivity index (χ4n) is 9.33. The zero-order valence-corrected chi connectivity index (χ0v) is 36.1. The van der Waals surface area contributed by atoms with Crippen LogP contribution in [0.5, 0.6) is 0 Å². The number of piperidine rings is 1. The van der Waals surface area contributed by atoms with Crippen LogP contribution in [0.3, 0.4) is 0 Å². The number of aromatic nitrogens is 5. The topological polar surface area (TPSA) is 152 Å². The highest BCUT2D eigenvalue weighted by Crippen LogP contribution is 2.39. The van der Waals surface area contributed by atoms with Crippen LogP contribution in [0, 0.1) is 0 Å². The average molecular weight is 874 g/mol. The van der Waals surface area contributed by atoms with E-state index in [4.69, 9.17) is 9.72 Å². The molecule has 0 unspecified atom stereocenters. The van der Waals surface area contributed by atoms with E-state index in [9.17, 15) is 32.7 Å². The highest BCUT2D eigenvalue weighted by molar-refractivity contribution is 6.00. The van der Waals surface area contributed by atoms with Gasteiger partial charge in [0.25, 0.3) is 0 Å². The molecule has 3 aromatic heterocycles. The molecule has 2 aliphatic heterocycles.